The zero-order valence-electron chi connectivity index (χ0n) is 14.6. The number of morpholine rings is 1. The fourth-order valence-corrected chi connectivity index (χ4v) is 4.58. The number of fused-ring (bicyclic) bond motifs is 1. The van der Waals surface area contributed by atoms with E-state index >= 15 is 0 Å². The average molecular weight is 359 g/mol. The van der Waals surface area contributed by atoms with E-state index in [2.05, 4.69) is 33.2 Å². The molecule has 5 nitrogen and oxygen atoms in total. The first-order valence-electron chi connectivity index (χ1n) is 9.01. The summed E-state index contributed by atoms with van der Waals surface area (Å²) in [5.41, 5.74) is 2.33. The number of pyridine rings is 1. The van der Waals surface area contributed by atoms with Crippen molar-refractivity contribution in [1.29, 1.82) is 0 Å². The highest BCUT2D eigenvalue weighted by Gasteiger charge is 2.41. The number of rotatable bonds is 6. The van der Waals surface area contributed by atoms with Crippen molar-refractivity contribution in [1.82, 2.24) is 14.9 Å². The maximum atomic E-state index is 6.04. The van der Waals surface area contributed by atoms with E-state index in [0.29, 0.717) is 24.7 Å². The van der Waals surface area contributed by atoms with Crippen LogP contribution in [0.25, 0.3) is 0 Å². The third kappa shape index (κ3) is 4.26. The Bertz CT molecular complexity index is 678. The summed E-state index contributed by atoms with van der Waals surface area (Å²) in [6.07, 6.45) is 6.27. The quantitative estimate of drug-likeness (QED) is 0.793. The van der Waals surface area contributed by atoms with Gasteiger partial charge in [-0.3, -0.25) is 9.88 Å². The lowest BCUT2D eigenvalue weighted by Gasteiger charge is -2.37. The van der Waals surface area contributed by atoms with Gasteiger partial charge in [-0.1, -0.05) is 6.07 Å². The number of aromatic nitrogens is 2. The fraction of sp³-hybridized carbons (Fsp3) is 0.579. The van der Waals surface area contributed by atoms with Crippen LogP contribution in [0.4, 0.5) is 0 Å². The topological polar surface area (TPSA) is 47.5 Å². The molecule has 2 aromatic rings. The number of ether oxygens (including phenoxy) is 2. The van der Waals surface area contributed by atoms with Crippen LogP contribution in [0, 0.1) is 12.8 Å². The summed E-state index contributed by atoms with van der Waals surface area (Å²) < 4.78 is 12.0. The van der Waals surface area contributed by atoms with Crippen LogP contribution < -0.4 is 0 Å². The molecule has 2 fully saturated rings. The monoisotopic (exact) mass is 359 g/mol. The molecule has 134 valence electrons. The van der Waals surface area contributed by atoms with Gasteiger partial charge in [-0.15, -0.1) is 11.3 Å². The minimum Gasteiger partial charge on any atom is -0.376 e. The Kier molecular flexibility index (Phi) is 5.41. The predicted octanol–water partition coefficient (Wildman–Crippen LogP) is 3.04. The molecule has 4 rings (SSSR count). The van der Waals surface area contributed by atoms with Crippen molar-refractivity contribution in [3.8, 4) is 0 Å². The summed E-state index contributed by atoms with van der Waals surface area (Å²) in [5, 5.41) is 3.33. The minimum absolute atomic E-state index is 0.348. The number of aryl methyl sites for hydroxylation is 1. The van der Waals surface area contributed by atoms with E-state index in [1.54, 1.807) is 17.5 Å². The molecule has 0 aromatic carbocycles. The van der Waals surface area contributed by atoms with Gasteiger partial charge in [0.05, 0.1) is 30.0 Å². The van der Waals surface area contributed by atoms with E-state index in [-0.39, 0.29) is 0 Å². The second-order valence-electron chi connectivity index (χ2n) is 7.02. The van der Waals surface area contributed by atoms with Crippen LogP contribution in [0.2, 0.25) is 0 Å². The first-order chi connectivity index (χ1) is 12.3. The summed E-state index contributed by atoms with van der Waals surface area (Å²) >= 11 is 1.73. The number of hydrogen-bond donors (Lipinski definition) is 0. The van der Waals surface area contributed by atoms with Gasteiger partial charge in [-0.25, -0.2) is 4.98 Å². The molecule has 0 amide bonds. The Balaban J connectivity index is 1.29. The van der Waals surface area contributed by atoms with Gasteiger partial charge >= 0.3 is 0 Å². The molecule has 2 aliphatic rings. The van der Waals surface area contributed by atoms with E-state index in [4.69, 9.17) is 9.47 Å². The highest BCUT2D eigenvalue weighted by Crippen LogP contribution is 2.35. The van der Waals surface area contributed by atoms with Gasteiger partial charge in [0.25, 0.3) is 0 Å². The summed E-state index contributed by atoms with van der Waals surface area (Å²) in [6, 6.07) is 4.51. The molecular weight excluding hydrogens is 334 g/mol. The number of thiazole rings is 1. The van der Waals surface area contributed by atoms with E-state index in [1.807, 2.05) is 12.3 Å². The highest BCUT2D eigenvalue weighted by atomic mass is 32.1. The van der Waals surface area contributed by atoms with Crippen LogP contribution in [0.1, 0.15) is 29.1 Å². The van der Waals surface area contributed by atoms with E-state index in [0.717, 1.165) is 49.7 Å². The number of hydrogen-bond acceptors (Lipinski definition) is 6. The van der Waals surface area contributed by atoms with Crippen molar-refractivity contribution in [3.05, 3.63) is 46.2 Å². The maximum Gasteiger partial charge on any atom is 0.0897 e. The van der Waals surface area contributed by atoms with Crippen molar-refractivity contribution in [2.45, 2.75) is 45.1 Å². The molecule has 2 aromatic heterocycles. The average Bonchev–Trinajstić information content (AvgIpc) is 3.22. The first-order valence-corrected chi connectivity index (χ1v) is 9.89. The van der Waals surface area contributed by atoms with Crippen molar-refractivity contribution < 1.29 is 9.47 Å². The van der Waals surface area contributed by atoms with Gasteiger partial charge < -0.3 is 9.47 Å². The third-order valence-corrected chi connectivity index (χ3v) is 5.95. The van der Waals surface area contributed by atoms with Crippen molar-refractivity contribution in [3.63, 3.8) is 0 Å². The van der Waals surface area contributed by atoms with Gasteiger partial charge in [-0.2, -0.15) is 0 Å². The summed E-state index contributed by atoms with van der Waals surface area (Å²) in [7, 11) is 0. The molecule has 0 radical (unpaired) electrons. The Hall–Kier alpha value is -1.34. The molecule has 25 heavy (non-hydrogen) atoms. The molecule has 0 N–H and O–H groups in total. The minimum atomic E-state index is 0.348. The largest absolute Gasteiger partial charge is 0.376 e. The van der Waals surface area contributed by atoms with Gasteiger partial charge in [0.2, 0.25) is 0 Å². The lowest BCUT2D eigenvalue weighted by Crippen LogP contribution is -2.47. The molecule has 6 heteroatoms. The summed E-state index contributed by atoms with van der Waals surface area (Å²) in [6.45, 7) is 6.28. The Morgan fingerprint density at radius 2 is 2.36 bits per heavy atom. The van der Waals surface area contributed by atoms with Gasteiger partial charge in [-0.05, 0) is 37.3 Å². The summed E-state index contributed by atoms with van der Waals surface area (Å²) in [4.78, 5) is 11.3. The molecule has 1 saturated carbocycles. The highest BCUT2D eigenvalue weighted by molar-refractivity contribution is 7.09. The molecule has 1 aliphatic carbocycles. The van der Waals surface area contributed by atoms with E-state index in [9.17, 15) is 0 Å². The molecule has 1 saturated heterocycles. The van der Waals surface area contributed by atoms with Crippen molar-refractivity contribution >= 4 is 11.3 Å². The molecule has 1 unspecified atom stereocenters. The maximum absolute atomic E-state index is 6.04. The smallest absolute Gasteiger partial charge is 0.0897 e. The first kappa shape index (κ1) is 17.1. The molecule has 3 heterocycles. The Morgan fingerprint density at radius 1 is 1.40 bits per heavy atom. The number of nitrogens with zero attached hydrogens (tertiary/aromatic N) is 3. The van der Waals surface area contributed by atoms with E-state index < -0.39 is 0 Å². The Morgan fingerprint density at radius 3 is 3.16 bits per heavy atom. The van der Waals surface area contributed by atoms with Crippen LogP contribution in [0.5, 0.6) is 0 Å². The molecular formula is C19H25N3O2S. The second-order valence-corrected chi connectivity index (χ2v) is 8.08. The lowest BCUT2D eigenvalue weighted by molar-refractivity contribution is -0.0594. The second kappa shape index (κ2) is 7.91. The SMILES string of the molecule is Cc1nc(CN2CCO[C@@H]3CC(COCc4cccnc4)C[C@H]32)cs1. The van der Waals surface area contributed by atoms with Crippen LogP contribution >= 0.6 is 11.3 Å². The predicted molar refractivity (Wildman–Crippen MR) is 97.4 cm³/mol. The van der Waals surface area contributed by atoms with Crippen molar-refractivity contribution in [2.24, 2.45) is 5.92 Å². The summed E-state index contributed by atoms with van der Waals surface area (Å²) in [5.74, 6) is 0.574. The molecule has 0 bridgehead atoms. The van der Waals surface area contributed by atoms with Gasteiger partial charge in [0, 0.05) is 43.5 Å². The molecule has 1 aliphatic heterocycles. The van der Waals surface area contributed by atoms with Gasteiger partial charge in [0.15, 0.2) is 0 Å². The lowest BCUT2D eigenvalue weighted by atomic mass is 10.1. The zero-order chi connectivity index (χ0) is 17.1. The molecule has 3 atom stereocenters. The third-order valence-electron chi connectivity index (χ3n) is 5.13. The van der Waals surface area contributed by atoms with Crippen molar-refractivity contribution in [2.75, 3.05) is 19.8 Å². The standard InChI is InChI=1S/C19H25N3O2S/c1-14-21-17(13-25-14)10-22-5-6-24-19-8-16(7-18(19)22)12-23-11-15-3-2-4-20-9-15/h2-4,9,13,16,18-19H,5-8,10-12H2,1H3/t16?,18-,19-/m1/s1. The zero-order valence-corrected chi connectivity index (χ0v) is 15.5. The molecule has 0 spiro atoms. The van der Waals surface area contributed by atoms with Crippen LogP contribution in [0.3, 0.4) is 0 Å². The van der Waals surface area contributed by atoms with Crippen LogP contribution in [-0.4, -0.2) is 46.8 Å². The van der Waals surface area contributed by atoms with E-state index in [1.165, 1.54) is 5.69 Å². The van der Waals surface area contributed by atoms with Gasteiger partial charge in [0.1, 0.15) is 0 Å². The van der Waals surface area contributed by atoms with Crippen LogP contribution in [0.15, 0.2) is 29.9 Å². The van der Waals surface area contributed by atoms with Crippen LogP contribution in [-0.2, 0) is 22.6 Å². The Labute approximate surface area is 153 Å². The fourth-order valence-electron chi connectivity index (χ4n) is 3.97. The normalized spacial score (nSPS) is 26.7.